The maximum atomic E-state index is 11.1. The maximum Gasteiger partial charge on any atom is 0.124 e. The molecule has 1 saturated carbocycles. The van der Waals surface area contributed by atoms with Gasteiger partial charge in [0.2, 0.25) is 0 Å². The Bertz CT molecular complexity index is 575. The molecule has 4 rings (SSSR count). The molecule has 3 nitrogen and oxygen atoms in total. The number of aliphatic hydroxyl groups is 1. The highest BCUT2D eigenvalue weighted by atomic mass is 16.5. The number of hydrogen-bond donors (Lipinski definition) is 1. The molecule has 0 radical (unpaired) electrons. The highest BCUT2D eigenvalue weighted by Crippen LogP contribution is 2.44. The van der Waals surface area contributed by atoms with Gasteiger partial charge in [0.05, 0.1) is 12.7 Å². The molecule has 3 heteroatoms. The zero-order chi connectivity index (χ0) is 15.2. The van der Waals surface area contributed by atoms with Crippen molar-refractivity contribution in [3.63, 3.8) is 0 Å². The molecule has 118 valence electrons. The van der Waals surface area contributed by atoms with Crippen LogP contribution < -0.4 is 4.74 Å². The molecule has 3 atom stereocenters. The lowest BCUT2D eigenvalue weighted by Gasteiger charge is -2.43. The summed E-state index contributed by atoms with van der Waals surface area (Å²) in [6.45, 7) is 1.96. The minimum absolute atomic E-state index is 0.706. The van der Waals surface area contributed by atoms with Crippen molar-refractivity contribution in [2.75, 3.05) is 20.2 Å². The molecule has 1 heterocycles. The molecule has 2 fully saturated rings. The molecule has 2 bridgehead atoms. The minimum atomic E-state index is -0.740. The van der Waals surface area contributed by atoms with Crippen molar-refractivity contribution in [2.45, 2.75) is 37.3 Å². The Morgan fingerprint density at radius 1 is 1.14 bits per heavy atom. The van der Waals surface area contributed by atoms with E-state index in [0.29, 0.717) is 6.04 Å². The van der Waals surface area contributed by atoms with Gasteiger partial charge in [0.25, 0.3) is 0 Å². The number of ether oxygens (including phenoxy) is 1. The number of piperidine rings is 1. The second-order valence-corrected chi connectivity index (χ2v) is 7.12. The molecule has 0 amide bonds. The number of fused-ring (bicyclic) bond motifs is 2. The molecule has 1 N–H and O–H groups in total. The van der Waals surface area contributed by atoms with Crippen LogP contribution in [0.15, 0.2) is 36.4 Å². The molecular formula is C19H25NO2. The second-order valence-electron chi connectivity index (χ2n) is 7.12. The average Bonchev–Trinajstić information content (AvgIpc) is 3.18. The van der Waals surface area contributed by atoms with E-state index in [1.54, 1.807) is 7.11 Å². The maximum absolute atomic E-state index is 11.1. The largest absolute Gasteiger partial charge is 0.496 e. The third kappa shape index (κ3) is 2.27. The standard InChI is InChI=1S/C19H25NO2/c1-22-18-5-3-2-4-16(18)19(21)8-10-20(11-9-19)17-13-14-6-7-15(17)12-14/h2-7,14-15,17,21H,8-13H2,1H3. The van der Waals surface area contributed by atoms with Gasteiger partial charge in [-0.1, -0.05) is 30.4 Å². The lowest BCUT2D eigenvalue weighted by Crippen LogP contribution is -2.48. The Morgan fingerprint density at radius 2 is 1.91 bits per heavy atom. The fourth-order valence-electron chi connectivity index (χ4n) is 4.70. The predicted octanol–water partition coefficient (Wildman–Crippen LogP) is 2.94. The first kappa shape index (κ1) is 14.3. The van der Waals surface area contributed by atoms with E-state index in [9.17, 15) is 5.11 Å². The summed E-state index contributed by atoms with van der Waals surface area (Å²) in [6, 6.07) is 8.61. The summed E-state index contributed by atoms with van der Waals surface area (Å²) in [5.74, 6) is 2.37. The average molecular weight is 299 g/mol. The van der Waals surface area contributed by atoms with Gasteiger partial charge >= 0.3 is 0 Å². The number of rotatable bonds is 3. The highest BCUT2D eigenvalue weighted by Gasteiger charge is 2.43. The summed E-state index contributed by atoms with van der Waals surface area (Å²) in [5.41, 5.74) is 0.210. The Morgan fingerprint density at radius 3 is 2.55 bits per heavy atom. The molecule has 1 saturated heterocycles. The summed E-state index contributed by atoms with van der Waals surface area (Å²) < 4.78 is 5.45. The third-order valence-corrected chi connectivity index (χ3v) is 5.95. The Balaban J connectivity index is 1.48. The fraction of sp³-hybridized carbons (Fsp3) is 0.579. The molecule has 22 heavy (non-hydrogen) atoms. The summed E-state index contributed by atoms with van der Waals surface area (Å²) in [6.07, 6.45) is 9.07. The summed E-state index contributed by atoms with van der Waals surface area (Å²) in [5, 5.41) is 11.1. The van der Waals surface area contributed by atoms with Crippen LogP contribution in [0.4, 0.5) is 0 Å². The minimum Gasteiger partial charge on any atom is -0.496 e. The smallest absolute Gasteiger partial charge is 0.124 e. The van der Waals surface area contributed by atoms with E-state index in [4.69, 9.17) is 4.74 Å². The first-order valence-corrected chi connectivity index (χ1v) is 8.48. The number of allylic oxidation sites excluding steroid dienone is 1. The van der Waals surface area contributed by atoms with Crippen LogP contribution in [-0.2, 0) is 5.60 Å². The highest BCUT2D eigenvalue weighted by molar-refractivity contribution is 5.38. The van der Waals surface area contributed by atoms with E-state index >= 15 is 0 Å². The number of para-hydroxylation sites is 1. The van der Waals surface area contributed by atoms with Gasteiger partial charge < -0.3 is 9.84 Å². The van der Waals surface area contributed by atoms with E-state index in [-0.39, 0.29) is 0 Å². The van der Waals surface area contributed by atoms with Gasteiger partial charge in [0, 0.05) is 24.7 Å². The van der Waals surface area contributed by atoms with E-state index in [1.807, 2.05) is 24.3 Å². The lowest BCUT2D eigenvalue weighted by molar-refractivity contribution is -0.0395. The van der Waals surface area contributed by atoms with Crippen LogP contribution in [-0.4, -0.2) is 36.2 Å². The van der Waals surface area contributed by atoms with Crippen molar-refractivity contribution < 1.29 is 9.84 Å². The van der Waals surface area contributed by atoms with Crippen LogP contribution in [0.1, 0.15) is 31.2 Å². The number of benzene rings is 1. The van der Waals surface area contributed by atoms with Crippen LogP contribution in [0.3, 0.4) is 0 Å². The summed E-state index contributed by atoms with van der Waals surface area (Å²) in [4.78, 5) is 2.61. The van der Waals surface area contributed by atoms with Crippen LogP contribution in [0.5, 0.6) is 5.75 Å². The first-order chi connectivity index (χ1) is 10.7. The van der Waals surface area contributed by atoms with Gasteiger partial charge in [-0.2, -0.15) is 0 Å². The van der Waals surface area contributed by atoms with Gasteiger partial charge in [-0.05, 0) is 43.6 Å². The van der Waals surface area contributed by atoms with Crippen molar-refractivity contribution in [1.29, 1.82) is 0 Å². The van der Waals surface area contributed by atoms with Gasteiger partial charge in [-0.25, -0.2) is 0 Å². The quantitative estimate of drug-likeness (QED) is 0.871. The zero-order valence-electron chi connectivity index (χ0n) is 13.2. The van der Waals surface area contributed by atoms with Gasteiger partial charge in [-0.3, -0.25) is 4.90 Å². The van der Waals surface area contributed by atoms with Crippen LogP contribution in [0.2, 0.25) is 0 Å². The van der Waals surface area contributed by atoms with Crippen molar-refractivity contribution in [2.24, 2.45) is 11.8 Å². The van der Waals surface area contributed by atoms with Crippen LogP contribution >= 0.6 is 0 Å². The number of nitrogens with zero attached hydrogens (tertiary/aromatic N) is 1. The van der Waals surface area contributed by atoms with E-state index in [2.05, 4.69) is 17.1 Å². The summed E-state index contributed by atoms with van der Waals surface area (Å²) in [7, 11) is 1.68. The Labute approximate surface area is 132 Å². The number of methoxy groups -OCH3 is 1. The molecule has 3 aliphatic rings. The van der Waals surface area contributed by atoms with Crippen molar-refractivity contribution in [1.82, 2.24) is 4.90 Å². The molecular weight excluding hydrogens is 274 g/mol. The van der Waals surface area contributed by atoms with Crippen LogP contribution in [0, 0.1) is 11.8 Å². The van der Waals surface area contributed by atoms with E-state index in [1.165, 1.54) is 12.8 Å². The fourth-order valence-corrected chi connectivity index (χ4v) is 4.70. The second kappa shape index (κ2) is 5.39. The van der Waals surface area contributed by atoms with Crippen molar-refractivity contribution >= 4 is 0 Å². The van der Waals surface area contributed by atoms with Crippen molar-refractivity contribution in [3.8, 4) is 5.75 Å². The Hall–Kier alpha value is -1.32. The van der Waals surface area contributed by atoms with E-state index in [0.717, 1.165) is 49.1 Å². The molecule has 3 unspecified atom stereocenters. The number of hydrogen-bond acceptors (Lipinski definition) is 3. The molecule has 1 aromatic carbocycles. The van der Waals surface area contributed by atoms with Crippen LogP contribution in [0.25, 0.3) is 0 Å². The lowest BCUT2D eigenvalue weighted by atomic mass is 9.82. The third-order valence-electron chi connectivity index (χ3n) is 5.95. The van der Waals surface area contributed by atoms with Gasteiger partial charge in [0.1, 0.15) is 5.75 Å². The topological polar surface area (TPSA) is 32.7 Å². The molecule has 1 aliphatic heterocycles. The summed E-state index contributed by atoms with van der Waals surface area (Å²) >= 11 is 0. The SMILES string of the molecule is COc1ccccc1C1(O)CCN(C2CC3C=CC2C3)CC1. The monoisotopic (exact) mass is 299 g/mol. The van der Waals surface area contributed by atoms with E-state index < -0.39 is 5.60 Å². The molecule has 1 aromatic rings. The molecule has 0 aromatic heterocycles. The molecule has 0 spiro atoms. The zero-order valence-corrected chi connectivity index (χ0v) is 13.2. The predicted molar refractivity (Wildman–Crippen MR) is 86.8 cm³/mol. The molecule has 2 aliphatic carbocycles. The Kier molecular flexibility index (Phi) is 3.50. The van der Waals surface area contributed by atoms with Crippen molar-refractivity contribution in [3.05, 3.63) is 42.0 Å². The normalized spacial score (nSPS) is 33.3. The first-order valence-electron chi connectivity index (χ1n) is 8.48. The van der Waals surface area contributed by atoms with Gasteiger partial charge in [-0.15, -0.1) is 0 Å². The number of likely N-dealkylation sites (tertiary alicyclic amines) is 1. The van der Waals surface area contributed by atoms with Gasteiger partial charge in [0.15, 0.2) is 0 Å².